The van der Waals surface area contributed by atoms with Crippen molar-refractivity contribution in [3.8, 4) is 11.8 Å². The lowest BCUT2D eigenvalue weighted by atomic mass is 10.1. The van der Waals surface area contributed by atoms with Gasteiger partial charge in [0.05, 0.1) is 44.2 Å². The molecule has 0 aromatic heterocycles. The Morgan fingerprint density at radius 2 is 2.21 bits per heavy atom. The van der Waals surface area contributed by atoms with Crippen LogP contribution in [0.4, 0.5) is 5.69 Å². The van der Waals surface area contributed by atoms with E-state index in [1.54, 1.807) is 18.2 Å². The molecule has 1 amide bonds. The van der Waals surface area contributed by atoms with Gasteiger partial charge < -0.3 is 24.8 Å². The third-order valence-electron chi connectivity index (χ3n) is 3.57. The quantitative estimate of drug-likeness (QED) is 0.718. The van der Waals surface area contributed by atoms with Gasteiger partial charge in [-0.2, -0.15) is 5.26 Å². The van der Waals surface area contributed by atoms with Crippen LogP contribution in [0.3, 0.4) is 0 Å². The number of hydrogen-bond acceptors (Lipinski definition) is 7. The van der Waals surface area contributed by atoms with Gasteiger partial charge in [0.15, 0.2) is 0 Å². The largest absolute Gasteiger partial charge is 0.495 e. The van der Waals surface area contributed by atoms with Crippen LogP contribution in [-0.2, 0) is 14.3 Å². The van der Waals surface area contributed by atoms with E-state index in [-0.39, 0.29) is 42.2 Å². The topological polar surface area (TPSA) is 112 Å². The molecule has 0 aliphatic carbocycles. The van der Waals surface area contributed by atoms with E-state index in [2.05, 4.69) is 5.32 Å². The summed E-state index contributed by atoms with van der Waals surface area (Å²) in [5, 5.41) is 21.2. The van der Waals surface area contributed by atoms with E-state index in [4.69, 9.17) is 14.6 Å². The minimum Gasteiger partial charge on any atom is -0.495 e. The van der Waals surface area contributed by atoms with Crippen LogP contribution in [0.15, 0.2) is 29.5 Å². The number of β-amino-alcohol motifs (C(OH)–C–C–N with tert-alkyl or cyclic N) is 1. The van der Waals surface area contributed by atoms with Gasteiger partial charge in [-0.15, -0.1) is 0 Å². The first kappa shape index (κ1) is 17.3. The van der Waals surface area contributed by atoms with Gasteiger partial charge in [0.2, 0.25) is 0 Å². The van der Waals surface area contributed by atoms with Gasteiger partial charge in [-0.1, -0.05) is 6.07 Å². The van der Waals surface area contributed by atoms with Gasteiger partial charge in [0.1, 0.15) is 17.5 Å². The van der Waals surface area contributed by atoms with Crippen LogP contribution in [0.1, 0.15) is 5.56 Å². The van der Waals surface area contributed by atoms with E-state index in [9.17, 15) is 14.9 Å². The van der Waals surface area contributed by atoms with Gasteiger partial charge in [-0.05, 0) is 12.1 Å². The minimum absolute atomic E-state index is 0.0105. The van der Waals surface area contributed by atoms with Crippen LogP contribution in [0.2, 0.25) is 0 Å². The van der Waals surface area contributed by atoms with Gasteiger partial charge >= 0.3 is 5.97 Å². The predicted molar refractivity (Wildman–Crippen MR) is 84.0 cm³/mol. The van der Waals surface area contributed by atoms with Gasteiger partial charge in [-0.25, -0.2) is 4.79 Å². The first-order valence-corrected chi connectivity index (χ1v) is 7.13. The Morgan fingerprint density at radius 3 is 2.79 bits per heavy atom. The van der Waals surface area contributed by atoms with Crippen molar-refractivity contribution in [3.05, 3.63) is 35.0 Å². The number of carbonyl (C=O) groups excluding carboxylic acids is 2. The van der Waals surface area contributed by atoms with Crippen molar-refractivity contribution in [2.75, 3.05) is 39.2 Å². The maximum absolute atomic E-state index is 12.5. The third-order valence-corrected chi connectivity index (χ3v) is 3.57. The number of aliphatic hydroxyl groups is 1. The fourth-order valence-corrected chi connectivity index (χ4v) is 2.40. The fraction of sp³-hybridized carbons (Fsp3) is 0.312. The van der Waals surface area contributed by atoms with E-state index in [0.29, 0.717) is 5.75 Å². The van der Waals surface area contributed by atoms with Crippen LogP contribution < -0.4 is 10.1 Å². The van der Waals surface area contributed by atoms with E-state index < -0.39 is 11.9 Å². The molecule has 0 unspecified atom stereocenters. The second kappa shape index (κ2) is 7.48. The number of anilines is 1. The van der Waals surface area contributed by atoms with E-state index in [1.165, 1.54) is 19.1 Å². The Labute approximate surface area is 138 Å². The van der Waals surface area contributed by atoms with Gasteiger partial charge in [0.25, 0.3) is 5.91 Å². The zero-order valence-electron chi connectivity index (χ0n) is 13.3. The van der Waals surface area contributed by atoms with E-state index in [1.807, 2.05) is 6.07 Å². The highest BCUT2D eigenvalue weighted by Crippen LogP contribution is 2.31. The lowest BCUT2D eigenvalue weighted by Gasteiger charge is -2.16. The molecular formula is C16H17N3O5. The molecule has 1 aromatic carbocycles. The van der Waals surface area contributed by atoms with Crippen LogP contribution >= 0.6 is 0 Å². The highest BCUT2D eigenvalue weighted by molar-refractivity contribution is 6.08. The van der Waals surface area contributed by atoms with Gasteiger partial charge in [-0.3, -0.25) is 4.79 Å². The number of nitrogens with one attached hydrogen (secondary N) is 1. The summed E-state index contributed by atoms with van der Waals surface area (Å²) in [5.74, 6) is -0.752. The number of hydrogen-bond donors (Lipinski definition) is 2. The second-order valence-electron chi connectivity index (χ2n) is 4.92. The molecule has 2 rings (SSSR count). The average Bonchev–Trinajstić information content (AvgIpc) is 2.91. The molecule has 0 bridgehead atoms. The number of esters is 1. The van der Waals surface area contributed by atoms with E-state index in [0.717, 1.165) is 0 Å². The van der Waals surface area contributed by atoms with Crippen LogP contribution in [0, 0.1) is 11.3 Å². The van der Waals surface area contributed by atoms with Crippen molar-refractivity contribution in [2.24, 2.45) is 0 Å². The van der Waals surface area contributed by atoms with Crippen molar-refractivity contribution in [1.29, 1.82) is 5.26 Å². The number of aliphatic hydroxyl groups excluding tert-OH is 1. The normalized spacial score (nSPS) is 13.8. The number of para-hydroxylation sites is 1. The summed E-state index contributed by atoms with van der Waals surface area (Å²) in [6.45, 7) is -0.126. The molecule has 8 nitrogen and oxygen atoms in total. The SMILES string of the molecule is COC(=O)C1=C(Nc2c(C#N)cccc2OC)C(=O)N(CCO)C1. The van der Waals surface area contributed by atoms with Crippen LogP contribution in [-0.4, -0.2) is 55.8 Å². The molecule has 0 saturated heterocycles. The zero-order valence-corrected chi connectivity index (χ0v) is 13.3. The molecule has 8 heteroatoms. The maximum atomic E-state index is 12.5. The molecule has 0 saturated carbocycles. The van der Waals surface area contributed by atoms with Crippen LogP contribution in [0.25, 0.3) is 0 Å². The molecule has 2 N–H and O–H groups in total. The van der Waals surface area contributed by atoms with Crippen molar-refractivity contribution in [3.63, 3.8) is 0 Å². The third kappa shape index (κ3) is 3.16. The number of carbonyl (C=O) groups is 2. The summed E-state index contributed by atoms with van der Waals surface area (Å²) in [7, 11) is 2.65. The fourth-order valence-electron chi connectivity index (χ4n) is 2.40. The van der Waals surface area contributed by atoms with E-state index >= 15 is 0 Å². The predicted octanol–water partition coefficient (Wildman–Crippen LogP) is 0.240. The molecule has 1 aliphatic heterocycles. The summed E-state index contributed by atoms with van der Waals surface area (Å²) in [5.41, 5.74) is 0.694. The summed E-state index contributed by atoms with van der Waals surface area (Å²) in [4.78, 5) is 25.8. The number of methoxy groups -OCH3 is 2. The zero-order chi connectivity index (χ0) is 17.7. The molecule has 0 radical (unpaired) electrons. The summed E-state index contributed by atoms with van der Waals surface area (Å²) in [6, 6.07) is 6.85. The molecule has 0 spiro atoms. The minimum atomic E-state index is -0.653. The number of nitrogens with zero attached hydrogens (tertiary/aromatic N) is 2. The molecule has 126 valence electrons. The molecular weight excluding hydrogens is 314 g/mol. The van der Waals surface area contributed by atoms with Gasteiger partial charge in [0, 0.05) is 6.54 Å². The highest BCUT2D eigenvalue weighted by Gasteiger charge is 2.35. The maximum Gasteiger partial charge on any atom is 0.337 e. The second-order valence-corrected chi connectivity index (χ2v) is 4.92. The lowest BCUT2D eigenvalue weighted by molar-refractivity contribution is -0.136. The number of benzene rings is 1. The monoisotopic (exact) mass is 331 g/mol. The summed E-state index contributed by atoms with van der Waals surface area (Å²) >= 11 is 0. The van der Waals surface area contributed by atoms with Crippen molar-refractivity contribution in [1.82, 2.24) is 4.90 Å². The Balaban J connectivity index is 2.47. The summed E-state index contributed by atoms with van der Waals surface area (Å²) in [6.07, 6.45) is 0. The molecule has 1 heterocycles. The Kier molecular flexibility index (Phi) is 5.39. The standard InChI is InChI=1S/C16H17N3O5/c1-23-12-5-3-4-10(8-17)13(12)18-14-11(16(22)24-2)9-19(6-7-20)15(14)21/h3-5,18,20H,6-7,9H2,1-2H3. The van der Waals surface area contributed by atoms with Crippen molar-refractivity contribution in [2.45, 2.75) is 0 Å². The Bertz CT molecular complexity index is 736. The summed E-state index contributed by atoms with van der Waals surface area (Å²) < 4.78 is 9.93. The number of nitriles is 1. The molecule has 0 fully saturated rings. The lowest BCUT2D eigenvalue weighted by Crippen LogP contribution is -2.31. The molecule has 0 atom stereocenters. The highest BCUT2D eigenvalue weighted by atomic mass is 16.5. The van der Waals surface area contributed by atoms with Crippen LogP contribution in [0.5, 0.6) is 5.75 Å². The number of amides is 1. The average molecular weight is 331 g/mol. The van der Waals surface area contributed by atoms with Crippen molar-refractivity contribution >= 4 is 17.6 Å². The number of ether oxygens (including phenoxy) is 2. The molecule has 24 heavy (non-hydrogen) atoms. The number of rotatable bonds is 6. The van der Waals surface area contributed by atoms with Crippen molar-refractivity contribution < 1.29 is 24.2 Å². The first-order chi connectivity index (χ1) is 11.6. The molecule has 1 aliphatic rings. The smallest absolute Gasteiger partial charge is 0.337 e. The first-order valence-electron chi connectivity index (χ1n) is 7.13. The molecule has 1 aromatic rings. The Morgan fingerprint density at radius 1 is 1.46 bits per heavy atom. The Hall–Kier alpha value is -3.05.